The smallest absolute Gasteiger partial charge is 0.201 e. The van der Waals surface area contributed by atoms with Crippen LogP contribution in [0.2, 0.25) is 0 Å². The summed E-state index contributed by atoms with van der Waals surface area (Å²) < 4.78 is 0. The highest BCUT2D eigenvalue weighted by Crippen LogP contribution is 2.40. The van der Waals surface area contributed by atoms with Gasteiger partial charge in [-0.25, -0.2) is 4.98 Å². The van der Waals surface area contributed by atoms with E-state index in [1.807, 2.05) is 18.2 Å². The van der Waals surface area contributed by atoms with Crippen LogP contribution in [0.1, 0.15) is 26.7 Å². The number of fused-ring (bicyclic) bond motifs is 1. The lowest BCUT2D eigenvalue weighted by atomic mass is 9.99. The molecule has 84 valence electrons. The number of rotatable bonds is 3. The number of H-pyrrole nitrogens is 1. The summed E-state index contributed by atoms with van der Waals surface area (Å²) in [4.78, 5) is 7.85. The first-order chi connectivity index (χ1) is 7.65. The monoisotopic (exact) mass is 215 g/mol. The van der Waals surface area contributed by atoms with Crippen molar-refractivity contribution in [2.75, 3.05) is 5.32 Å². The molecule has 0 radical (unpaired) electrons. The Morgan fingerprint density at radius 3 is 2.75 bits per heavy atom. The summed E-state index contributed by atoms with van der Waals surface area (Å²) in [5.74, 6) is 1.68. The van der Waals surface area contributed by atoms with Gasteiger partial charge in [0.2, 0.25) is 5.95 Å². The van der Waals surface area contributed by atoms with Crippen molar-refractivity contribution in [3.05, 3.63) is 24.3 Å². The number of hydrogen-bond donors (Lipinski definition) is 2. The van der Waals surface area contributed by atoms with Crippen LogP contribution in [0.5, 0.6) is 0 Å². The molecule has 3 nitrogen and oxygen atoms in total. The fourth-order valence-corrected chi connectivity index (χ4v) is 2.22. The van der Waals surface area contributed by atoms with Crippen molar-refractivity contribution in [1.82, 2.24) is 9.97 Å². The van der Waals surface area contributed by atoms with E-state index >= 15 is 0 Å². The van der Waals surface area contributed by atoms with Crippen molar-refractivity contribution in [2.45, 2.75) is 32.2 Å². The van der Waals surface area contributed by atoms with Gasteiger partial charge in [-0.2, -0.15) is 0 Å². The number of anilines is 1. The Kier molecular flexibility index (Phi) is 1.96. The lowest BCUT2D eigenvalue weighted by molar-refractivity contribution is 0.491. The molecule has 1 aromatic carbocycles. The van der Waals surface area contributed by atoms with Crippen LogP contribution in [0, 0.1) is 5.92 Å². The maximum Gasteiger partial charge on any atom is 0.201 e. The maximum atomic E-state index is 4.54. The van der Waals surface area contributed by atoms with Gasteiger partial charge in [0.15, 0.2) is 0 Å². The van der Waals surface area contributed by atoms with Crippen LogP contribution in [-0.2, 0) is 0 Å². The Labute approximate surface area is 95.3 Å². The maximum absolute atomic E-state index is 4.54. The summed E-state index contributed by atoms with van der Waals surface area (Å²) in [6.45, 7) is 4.50. The Hall–Kier alpha value is -1.51. The summed E-state index contributed by atoms with van der Waals surface area (Å²) in [5, 5.41) is 3.50. The van der Waals surface area contributed by atoms with Gasteiger partial charge in [-0.05, 0) is 44.7 Å². The number of benzene rings is 1. The molecular formula is C13H17N3. The molecule has 1 aliphatic carbocycles. The topological polar surface area (TPSA) is 40.7 Å². The van der Waals surface area contributed by atoms with Gasteiger partial charge >= 0.3 is 0 Å². The van der Waals surface area contributed by atoms with Gasteiger partial charge in [-0.15, -0.1) is 0 Å². The Morgan fingerprint density at radius 1 is 1.31 bits per heavy atom. The first kappa shape index (κ1) is 9.70. The van der Waals surface area contributed by atoms with E-state index in [0.717, 1.165) is 22.9 Å². The minimum atomic E-state index is 0.147. The third-order valence-electron chi connectivity index (χ3n) is 3.43. The van der Waals surface area contributed by atoms with E-state index in [-0.39, 0.29) is 5.54 Å². The highest BCUT2D eigenvalue weighted by Gasteiger charge is 2.38. The Balaban J connectivity index is 1.88. The van der Waals surface area contributed by atoms with Crippen LogP contribution in [0.4, 0.5) is 5.95 Å². The van der Waals surface area contributed by atoms with Crippen LogP contribution in [0.25, 0.3) is 11.0 Å². The standard InChI is InChI=1S/C13H17N3/c1-13(2,9-7-8-9)16-12-14-10-5-3-4-6-11(10)15-12/h3-6,9H,7-8H2,1-2H3,(H2,14,15,16). The number of nitrogens with zero attached hydrogens (tertiary/aromatic N) is 1. The first-order valence-electron chi connectivity index (χ1n) is 5.88. The SMILES string of the molecule is CC(C)(Nc1nc2ccccc2[nH]1)C1CC1. The van der Waals surface area contributed by atoms with Gasteiger partial charge < -0.3 is 10.3 Å². The van der Waals surface area contributed by atoms with Crippen molar-refractivity contribution < 1.29 is 0 Å². The van der Waals surface area contributed by atoms with Crippen LogP contribution >= 0.6 is 0 Å². The number of nitrogens with one attached hydrogen (secondary N) is 2. The second-order valence-corrected chi connectivity index (χ2v) is 5.22. The molecule has 0 spiro atoms. The van der Waals surface area contributed by atoms with Gasteiger partial charge in [0, 0.05) is 5.54 Å². The molecule has 0 aliphatic heterocycles. The van der Waals surface area contributed by atoms with Gasteiger partial charge in [0.05, 0.1) is 11.0 Å². The zero-order valence-electron chi connectivity index (χ0n) is 9.75. The molecular weight excluding hydrogens is 198 g/mol. The summed E-state index contributed by atoms with van der Waals surface area (Å²) in [6.07, 6.45) is 2.67. The number of hydrogen-bond acceptors (Lipinski definition) is 2. The van der Waals surface area contributed by atoms with Crippen molar-refractivity contribution in [1.29, 1.82) is 0 Å². The van der Waals surface area contributed by atoms with Gasteiger partial charge in [0.25, 0.3) is 0 Å². The Morgan fingerprint density at radius 2 is 2.06 bits per heavy atom. The zero-order chi connectivity index (χ0) is 11.2. The predicted molar refractivity (Wildman–Crippen MR) is 66.5 cm³/mol. The van der Waals surface area contributed by atoms with Crippen LogP contribution in [-0.4, -0.2) is 15.5 Å². The lowest BCUT2D eigenvalue weighted by Crippen LogP contribution is -2.33. The lowest BCUT2D eigenvalue weighted by Gasteiger charge is -2.25. The third kappa shape index (κ3) is 1.66. The minimum absolute atomic E-state index is 0.147. The van der Waals surface area contributed by atoms with E-state index in [1.165, 1.54) is 12.8 Å². The molecule has 1 saturated carbocycles. The molecule has 2 N–H and O–H groups in total. The number of para-hydroxylation sites is 2. The van der Waals surface area contributed by atoms with Crippen molar-refractivity contribution in [2.24, 2.45) is 5.92 Å². The van der Waals surface area contributed by atoms with Crippen molar-refractivity contribution in [3.63, 3.8) is 0 Å². The molecule has 3 rings (SSSR count). The van der Waals surface area contributed by atoms with Crippen LogP contribution in [0.3, 0.4) is 0 Å². The quantitative estimate of drug-likeness (QED) is 0.825. The van der Waals surface area contributed by atoms with Crippen LogP contribution in [0.15, 0.2) is 24.3 Å². The molecule has 0 amide bonds. The average Bonchev–Trinajstić information content (AvgIpc) is 3.00. The molecule has 0 atom stereocenters. The summed E-state index contributed by atoms with van der Waals surface area (Å²) in [5.41, 5.74) is 2.27. The highest BCUT2D eigenvalue weighted by molar-refractivity contribution is 5.77. The van der Waals surface area contributed by atoms with Gasteiger partial charge in [-0.1, -0.05) is 12.1 Å². The van der Waals surface area contributed by atoms with E-state index < -0.39 is 0 Å². The van der Waals surface area contributed by atoms with Crippen molar-refractivity contribution in [3.8, 4) is 0 Å². The molecule has 16 heavy (non-hydrogen) atoms. The molecule has 3 heteroatoms. The van der Waals surface area contributed by atoms with E-state index in [0.29, 0.717) is 0 Å². The second-order valence-electron chi connectivity index (χ2n) is 5.22. The largest absolute Gasteiger partial charge is 0.351 e. The number of aromatic nitrogens is 2. The molecule has 0 unspecified atom stereocenters. The Bertz CT molecular complexity index is 476. The summed E-state index contributed by atoms with van der Waals surface area (Å²) in [7, 11) is 0. The molecule has 1 aliphatic rings. The first-order valence-corrected chi connectivity index (χ1v) is 5.88. The molecule has 0 bridgehead atoms. The van der Waals surface area contributed by atoms with E-state index in [4.69, 9.17) is 0 Å². The summed E-state index contributed by atoms with van der Waals surface area (Å²) in [6, 6.07) is 8.12. The molecule has 1 heterocycles. The average molecular weight is 215 g/mol. The summed E-state index contributed by atoms with van der Waals surface area (Å²) >= 11 is 0. The zero-order valence-corrected chi connectivity index (χ0v) is 9.75. The number of aromatic amines is 1. The highest BCUT2D eigenvalue weighted by atomic mass is 15.2. The molecule has 2 aromatic rings. The van der Waals surface area contributed by atoms with E-state index in [9.17, 15) is 0 Å². The molecule has 0 saturated heterocycles. The van der Waals surface area contributed by atoms with Gasteiger partial charge in [0.1, 0.15) is 0 Å². The van der Waals surface area contributed by atoms with E-state index in [1.54, 1.807) is 0 Å². The predicted octanol–water partition coefficient (Wildman–Crippen LogP) is 3.16. The van der Waals surface area contributed by atoms with E-state index in [2.05, 4.69) is 35.2 Å². The third-order valence-corrected chi connectivity index (χ3v) is 3.43. The molecule has 1 aromatic heterocycles. The number of imidazole rings is 1. The fourth-order valence-electron chi connectivity index (χ4n) is 2.22. The normalized spacial score (nSPS) is 16.6. The second kappa shape index (κ2) is 3.24. The fraction of sp³-hybridized carbons (Fsp3) is 0.462. The minimum Gasteiger partial charge on any atom is -0.351 e. The molecule has 1 fully saturated rings. The van der Waals surface area contributed by atoms with Gasteiger partial charge in [-0.3, -0.25) is 0 Å². The van der Waals surface area contributed by atoms with Crippen LogP contribution < -0.4 is 5.32 Å². The van der Waals surface area contributed by atoms with Crippen molar-refractivity contribution >= 4 is 17.0 Å².